The third-order valence-electron chi connectivity index (χ3n) is 2.87. The molecule has 2 rings (SSSR count). The molecule has 0 saturated heterocycles. The Hall–Kier alpha value is -2.17. The van der Waals surface area contributed by atoms with E-state index in [9.17, 15) is 4.79 Å². The van der Waals surface area contributed by atoms with Gasteiger partial charge in [0.05, 0.1) is 0 Å². The van der Waals surface area contributed by atoms with E-state index in [1.807, 2.05) is 24.3 Å². The first-order chi connectivity index (χ1) is 9.24. The van der Waals surface area contributed by atoms with Gasteiger partial charge in [0.15, 0.2) is 0 Å². The van der Waals surface area contributed by atoms with Crippen LogP contribution in [-0.2, 0) is 12.8 Å². The van der Waals surface area contributed by atoms with Gasteiger partial charge in [-0.3, -0.25) is 9.89 Å². The maximum Gasteiger partial charge on any atom is 0.295 e. The van der Waals surface area contributed by atoms with Gasteiger partial charge in [-0.05, 0) is 24.5 Å². The molecule has 5 heteroatoms. The fraction of sp³-hybridized carbons (Fsp3) is 0.357. The van der Waals surface area contributed by atoms with Crippen LogP contribution in [0.15, 0.2) is 24.3 Å². The number of nitrogens with one attached hydrogen (secondary N) is 2. The molecule has 0 spiro atoms. The SMILES string of the molecule is CCCc1nc(C(=O)Nc2ccccc2CC)n[nH]1. The van der Waals surface area contributed by atoms with E-state index in [2.05, 4.69) is 34.3 Å². The highest BCUT2D eigenvalue weighted by Crippen LogP contribution is 2.15. The number of benzene rings is 1. The standard InChI is InChI=1S/C14H18N4O/c1-3-7-12-16-13(18-17-12)14(19)15-11-9-6-5-8-10(11)4-2/h5-6,8-9H,3-4,7H2,1-2H3,(H,15,19)(H,16,17,18). The number of carbonyl (C=O) groups excluding carboxylic acids is 1. The zero-order valence-corrected chi connectivity index (χ0v) is 11.2. The number of hydrogen-bond acceptors (Lipinski definition) is 3. The normalized spacial score (nSPS) is 10.4. The van der Waals surface area contributed by atoms with Crippen molar-refractivity contribution in [2.45, 2.75) is 33.1 Å². The van der Waals surface area contributed by atoms with Gasteiger partial charge in [-0.2, -0.15) is 0 Å². The number of amides is 1. The van der Waals surface area contributed by atoms with Crippen molar-refractivity contribution >= 4 is 11.6 Å². The predicted molar refractivity (Wildman–Crippen MR) is 74.2 cm³/mol. The van der Waals surface area contributed by atoms with E-state index in [-0.39, 0.29) is 11.7 Å². The molecule has 0 bridgehead atoms. The van der Waals surface area contributed by atoms with Crippen LogP contribution >= 0.6 is 0 Å². The van der Waals surface area contributed by atoms with Gasteiger partial charge < -0.3 is 5.32 Å². The number of aryl methyl sites for hydroxylation is 2. The van der Waals surface area contributed by atoms with E-state index < -0.39 is 0 Å². The van der Waals surface area contributed by atoms with Gasteiger partial charge in [0.1, 0.15) is 5.82 Å². The first kappa shape index (κ1) is 13.3. The van der Waals surface area contributed by atoms with Crippen molar-refractivity contribution in [2.75, 3.05) is 5.32 Å². The van der Waals surface area contributed by atoms with Gasteiger partial charge in [0.25, 0.3) is 5.91 Å². The van der Waals surface area contributed by atoms with Crippen molar-refractivity contribution in [2.24, 2.45) is 0 Å². The molecule has 0 radical (unpaired) electrons. The van der Waals surface area contributed by atoms with E-state index >= 15 is 0 Å². The molecular weight excluding hydrogens is 240 g/mol. The number of aromatic nitrogens is 3. The molecule has 0 saturated carbocycles. The third-order valence-corrected chi connectivity index (χ3v) is 2.87. The van der Waals surface area contributed by atoms with Crippen LogP contribution in [-0.4, -0.2) is 21.1 Å². The second-order valence-corrected chi connectivity index (χ2v) is 4.32. The van der Waals surface area contributed by atoms with Crippen molar-refractivity contribution in [3.05, 3.63) is 41.5 Å². The van der Waals surface area contributed by atoms with Crippen LogP contribution in [0.1, 0.15) is 42.3 Å². The Bertz CT molecular complexity index is 562. The zero-order valence-electron chi connectivity index (χ0n) is 11.2. The Morgan fingerprint density at radius 1 is 1.32 bits per heavy atom. The van der Waals surface area contributed by atoms with Crippen molar-refractivity contribution in [3.63, 3.8) is 0 Å². The minimum atomic E-state index is -0.278. The summed E-state index contributed by atoms with van der Waals surface area (Å²) in [5.74, 6) is 0.658. The first-order valence-corrected chi connectivity index (χ1v) is 6.55. The second kappa shape index (κ2) is 6.13. The lowest BCUT2D eigenvalue weighted by Crippen LogP contribution is -2.15. The largest absolute Gasteiger partial charge is 0.319 e. The summed E-state index contributed by atoms with van der Waals surface area (Å²) in [7, 11) is 0. The average Bonchev–Trinajstić information content (AvgIpc) is 2.88. The highest BCUT2D eigenvalue weighted by molar-refractivity contribution is 6.01. The number of para-hydroxylation sites is 1. The van der Waals surface area contributed by atoms with Crippen molar-refractivity contribution in [3.8, 4) is 0 Å². The number of aromatic amines is 1. The van der Waals surface area contributed by atoms with E-state index in [1.165, 1.54) is 0 Å². The maximum absolute atomic E-state index is 12.0. The van der Waals surface area contributed by atoms with Gasteiger partial charge in [0.2, 0.25) is 5.82 Å². The summed E-state index contributed by atoms with van der Waals surface area (Å²) in [6.07, 6.45) is 2.63. The van der Waals surface area contributed by atoms with Crippen molar-refractivity contribution < 1.29 is 4.79 Å². The van der Waals surface area contributed by atoms with E-state index in [1.54, 1.807) is 0 Å². The summed E-state index contributed by atoms with van der Waals surface area (Å²) in [4.78, 5) is 16.2. The molecule has 0 aliphatic heterocycles. The lowest BCUT2D eigenvalue weighted by atomic mass is 10.1. The minimum absolute atomic E-state index is 0.189. The molecule has 2 aromatic rings. The second-order valence-electron chi connectivity index (χ2n) is 4.32. The monoisotopic (exact) mass is 258 g/mol. The molecule has 19 heavy (non-hydrogen) atoms. The van der Waals surface area contributed by atoms with Gasteiger partial charge in [-0.1, -0.05) is 32.0 Å². The molecule has 1 heterocycles. The zero-order chi connectivity index (χ0) is 13.7. The number of H-pyrrole nitrogens is 1. The smallest absolute Gasteiger partial charge is 0.295 e. The molecule has 1 aromatic heterocycles. The summed E-state index contributed by atoms with van der Waals surface area (Å²) < 4.78 is 0. The van der Waals surface area contributed by atoms with E-state index in [0.29, 0.717) is 0 Å². The molecule has 5 nitrogen and oxygen atoms in total. The fourth-order valence-electron chi connectivity index (χ4n) is 1.87. The summed E-state index contributed by atoms with van der Waals surface area (Å²) >= 11 is 0. The molecular formula is C14H18N4O. The average molecular weight is 258 g/mol. The predicted octanol–water partition coefficient (Wildman–Crippen LogP) is 2.57. The third kappa shape index (κ3) is 3.19. The lowest BCUT2D eigenvalue weighted by Gasteiger charge is -2.07. The molecule has 0 fully saturated rings. The number of hydrogen-bond donors (Lipinski definition) is 2. The minimum Gasteiger partial charge on any atom is -0.319 e. The highest BCUT2D eigenvalue weighted by atomic mass is 16.2. The molecule has 2 N–H and O–H groups in total. The number of nitrogens with zero attached hydrogens (tertiary/aromatic N) is 2. The van der Waals surface area contributed by atoms with Gasteiger partial charge in [0, 0.05) is 12.1 Å². The maximum atomic E-state index is 12.0. The van der Waals surface area contributed by atoms with Crippen molar-refractivity contribution in [1.82, 2.24) is 15.2 Å². The highest BCUT2D eigenvalue weighted by Gasteiger charge is 2.13. The molecule has 0 aliphatic rings. The summed E-state index contributed by atoms with van der Waals surface area (Å²) in [6.45, 7) is 4.11. The molecule has 1 amide bonds. The number of carbonyl (C=O) groups is 1. The quantitative estimate of drug-likeness (QED) is 0.865. The fourth-order valence-corrected chi connectivity index (χ4v) is 1.87. The number of rotatable bonds is 5. The molecule has 0 unspecified atom stereocenters. The van der Waals surface area contributed by atoms with Gasteiger partial charge in [-0.25, -0.2) is 4.98 Å². The Kier molecular flexibility index (Phi) is 4.28. The Morgan fingerprint density at radius 3 is 2.84 bits per heavy atom. The molecule has 1 aromatic carbocycles. The molecule has 0 atom stereocenters. The van der Waals surface area contributed by atoms with E-state index in [0.717, 1.165) is 36.3 Å². The van der Waals surface area contributed by atoms with Crippen LogP contribution in [0.3, 0.4) is 0 Å². The lowest BCUT2D eigenvalue weighted by molar-refractivity contribution is 0.101. The molecule has 100 valence electrons. The van der Waals surface area contributed by atoms with Crippen LogP contribution in [0, 0.1) is 0 Å². The van der Waals surface area contributed by atoms with Crippen LogP contribution in [0.2, 0.25) is 0 Å². The first-order valence-electron chi connectivity index (χ1n) is 6.55. The summed E-state index contributed by atoms with van der Waals surface area (Å²) in [6, 6.07) is 7.74. The molecule has 0 aliphatic carbocycles. The van der Waals surface area contributed by atoms with Crippen LogP contribution < -0.4 is 5.32 Å². The van der Waals surface area contributed by atoms with Gasteiger partial charge >= 0.3 is 0 Å². The number of anilines is 1. The van der Waals surface area contributed by atoms with Crippen LogP contribution in [0.4, 0.5) is 5.69 Å². The van der Waals surface area contributed by atoms with Crippen LogP contribution in [0.5, 0.6) is 0 Å². The Morgan fingerprint density at radius 2 is 2.11 bits per heavy atom. The Balaban J connectivity index is 2.11. The Labute approximate surface area is 112 Å². The van der Waals surface area contributed by atoms with E-state index in [4.69, 9.17) is 0 Å². The topological polar surface area (TPSA) is 70.7 Å². The summed E-state index contributed by atoms with van der Waals surface area (Å²) in [5, 5.41) is 9.57. The van der Waals surface area contributed by atoms with Crippen LogP contribution in [0.25, 0.3) is 0 Å². The van der Waals surface area contributed by atoms with Gasteiger partial charge in [-0.15, -0.1) is 5.10 Å². The summed E-state index contributed by atoms with van der Waals surface area (Å²) in [5.41, 5.74) is 1.91. The van der Waals surface area contributed by atoms with Crippen molar-refractivity contribution in [1.29, 1.82) is 0 Å².